The van der Waals surface area contributed by atoms with Gasteiger partial charge in [0.2, 0.25) is 0 Å². The highest BCUT2D eigenvalue weighted by atomic mass is 19.4. The molecule has 0 radical (unpaired) electrons. The number of halogens is 7. The second-order valence-corrected chi connectivity index (χ2v) is 4.22. The highest BCUT2D eigenvalue weighted by Gasteiger charge is 2.38. The molecule has 0 atom stereocenters. The van der Waals surface area contributed by atoms with Gasteiger partial charge in [0, 0.05) is 6.42 Å². The topological polar surface area (TPSA) is 63.6 Å². The molecule has 0 aliphatic carbocycles. The number of esters is 1. The quantitative estimate of drug-likeness (QED) is 0.658. The first-order valence-corrected chi connectivity index (χ1v) is 6.01. The molecule has 11 heteroatoms. The van der Waals surface area contributed by atoms with Gasteiger partial charge in [-0.15, -0.1) is 0 Å². The van der Waals surface area contributed by atoms with E-state index in [4.69, 9.17) is 9.90 Å². The van der Waals surface area contributed by atoms with Crippen LogP contribution >= 0.6 is 0 Å². The largest absolute Gasteiger partial charge is 0.490 e. The molecule has 0 amide bonds. The van der Waals surface area contributed by atoms with Gasteiger partial charge in [-0.3, -0.25) is 4.79 Å². The lowest BCUT2D eigenvalue weighted by Gasteiger charge is -2.09. The third kappa shape index (κ3) is 8.34. The van der Waals surface area contributed by atoms with Gasteiger partial charge in [-0.2, -0.15) is 26.3 Å². The fraction of sp³-hybridized carbons (Fsp3) is 0.385. The molecule has 1 rings (SSSR count). The lowest BCUT2D eigenvalue weighted by atomic mass is 10.1. The van der Waals surface area contributed by atoms with E-state index in [1.54, 1.807) is 0 Å². The van der Waals surface area contributed by atoms with Crippen molar-refractivity contribution in [3.63, 3.8) is 0 Å². The predicted molar refractivity (Wildman–Crippen MR) is 65.4 cm³/mol. The highest BCUT2D eigenvalue weighted by molar-refractivity contribution is 5.73. The van der Waals surface area contributed by atoms with Crippen LogP contribution in [-0.2, 0) is 26.9 Å². The standard InChI is InChI=1S/C11H10F4O2.C2HF3O2/c1-17-10(16)3-2-7-4-8(11(13,14)15)6-9(12)5-7;3-2(4,5)1(6)7/h4-6H,2-3H2,1H3;(H,6,7). The van der Waals surface area contributed by atoms with Crippen LogP contribution in [0.4, 0.5) is 30.7 Å². The minimum absolute atomic E-state index is 0.00745. The zero-order valence-electron chi connectivity index (χ0n) is 12.0. The fourth-order valence-corrected chi connectivity index (χ4v) is 1.31. The first-order valence-electron chi connectivity index (χ1n) is 6.01. The maximum Gasteiger partial charge on any atom is 0.490 e. The maximum atomic E-state index is 12.9. The lowest BCUT2D eigenvalue weighted by Crippen LogP contribution is -2.21. The number of carbonyl (C=O) groups is 2. The normalized spacial score (nSPS) is 11.3. The summed E-state index contributed by atoms with van der Waals surface area (Å²) < 4.78 is 86.1. The molecule has 1 aromatic rings. The Morgan fingerprint density at radius 3 is 1.96 bits per heavy atom. The van der Waals surface area contributed by atoms with E-state index >= 15 is 0 Å². The molecule has 136 valence electrons. The summed E-state index contributed by atoms with van der Waals surface area (Å²) in [6.07, 6.45) is -9.76. The minimum Gasteiger partial charge on any atom is -0.475 e. The Kier molecular flexibility index (Phi) is 7.68. The number of hydrogen-bond donors (Lipinski definition) is 1. The maximum absolute atomic E-state index is 12.9. The third-order valence-corrected chi connectivity index (χ3v) is 2.37. The molecule has 1 N–H and O–H groups in total. The van der Waals surface area contributed by atoms with Crippen molar-refractivity contribution in [3.05, 3.63) is 35.1 Å². The summed E-state index contributed by atoms with van der Waals surface area (Å²) in [7, 11) is 1.18. The first kappa shape index (κ1) is 21.7. The summed E-state index contributed by atoms with van der Waals surface area (Å²) in [5.74, 6) is -4.28. The van der Waals surface area contributed by atoms with Crippen molar-refractivity contribution < 1.29 is 50.2 Å². The summed E-state index contributed by atoms with van der Waals surface area (Å²) in [6, 6.07) is 2.21. The van der Waals surface area contributed by atoms with Crippen molar-refractivity contribution in [3.8, 4) is 0 Å². The molecule has 0 unspecified atom stereocenters. The van der Waals surface area contributed by atoms with Crippen molar-refractivity contribution in [1.29, 1.82) is 0 Å². The van der Waals surface area contributed by atoms with Crippen molar-refractivity contribution in [2.45, 2.75) is 25.2 Å². The fourth-order valence-electron chi connectivity index (χ4n) is 1.31. The Balaban J connectivity index is 0.000000640. The molecule has 0 spiro atoms. The van der Waals surface area contributed by atoms with Gasteiger partial charge in [-0.05, 0) is 30.2 Å². The summed E-state index contributed by atoms with van der Waals surface area (Å²) in [5, 5.41) is 7.12. The van der Waals surface area contributed by atoms with Crippen LogP contribution in [0.15, 0.2) is 18.2 Å². The Labute approximate surface area is 130 Å². The summed E-state index contributed by atoms with van der Waals surface area (Å²) in [4.78, 5) is 19.7. The molecule has 0 aliphatic heterocycles. The van der Waals surface area contributed by atoms with Crippen LogP contribution in [0.2, 0.25) is 0 Å². The Morgan fingerprint density at radius 2 is 1.58 bits per heavy atom. The van der Waals surface area contributed by atoms with Gasteiger partial charge >= 0.3 is 24.3 Å². The highest BCUT2D eigenvalue weighted by Crippen LogP contribution is 2.30. The molecule has 0 aliphatic rings. The number of carboxylic acids is 1. The number of methoxy groups -OCH3 is 1. The molecule has 0 fully saturated rings. The van der Waals surface area contributed by atoms with E-state index in [9.17, 15) is 35.5 Å². The number of carboxylic acid groups (broad SMARTS) is 1. The Morgan fingerprint density at radius 1 is 1.08 bits per heavy atom. The van der Waals surface area contributed by atoms with Gasteiger partial charge in [0.05, 0.1) is 12.7 Å². The Hall–Kier alpha value is -2.33. The van der Waals surface area contributed by atoms with Crippen LogP contribution in [-0.4, -0.2) is 30.3 Å². The molecule has 0 heterocycles. The SMILES string of the molecule is COC(=O)CCc1cc(F)cc(C(F)(F)F)c1.O=C(O)C(F)(F)F. The number of aliphatic carboxylic acids is 1. The van der Waals surface area contributed by atoms with E-state index < -0.39 is 35.7 Å². The van der Waals surface area contributed by atoms with Crippen LogP contribution in [0.1, 0.15) is 17.5 Å². The second-order valence-electron chi connectivity index (χ2n) is 4.22. The van der Waals surface area contributed by atoms with Gasteiger partial charge in [-0.1, -0.05) is 0 Å². The summed E-state index contributed by atoms with van der Waals surface area (Å²) in [5.41, 5.74) is -0.944. The average Bonchev–Trinajstić information content (AvgIpc) is 2.42. The first-order chi connectivity index (χ1) is 10.8. The van der Waals surface area contributed by atoms with Crippen molar-refractivity contribution in [1.82, 2.24) is 0 Å². The number of ether oxygens (including phenoxy) is 1. The van der Waals surface area contributed by atoms with Gasteiger partial charge in [-0.25, -0.2) is 9.18 Å². The molecule has 0 saturated heterocycles. The zero-order valence-corrected chi connectivity index (χ0v) is 12.0. The lowest BCUT2D eigenvalue weighted by molar-refractivity contribution is -0.192. The molecule has 1 aromatic carbocycles. The second kappa shape index (κ2) is 8.50. The predicted octanol–water partition coefficient (Wildman–Crippen LogP) is 3.58. The number of hydrogen-bond acceptors (Lipinski definition) is 3. The van der Waals surface area contributed by atoms with Gasteiger partial charge in [0.1, 0.15) is 5.82 Å². The van der Waals surface area contributed by atoms with Crippen molar-refractivity contribution in [2.75, 3.05) is 7.11 Å². The molecule has 0 aromatic heterocycles. The monoisotopic (exact) mass is 364 g/mol. The smallest absolute Gasteiger partial charge is 0.475 e. The molecular formula is C13H11F7O4. The van der Waals surface area contributed by atoms with E-state index in [1.165, 1.54) is 7.11 Å². The van der Waals surface area contributed by atoms with Crippen molar-refractivity contribution >= 4 is 11.9 Å². The zero-order chi connectivity index (χ0) is 19.1. The third-order valence-electron chi connectivity index (χ3n) is 2.37. The van der Waals surface area contributed by atoms with Crippen LogP contribution in [0, 0.1) is 5.82 Å². The number of alkyl halides is 6. The van der Waals surface area contributed by atoms with Crippen LogP contribution in [0.5, 0.6) is 0 Å². The van der Waals surface area contributed by atoms with Crippen LogP contribution in [0.3, 0.4) is 0 Å². The van der Waals surface area contributed by atoms with Crippen LogP contribution in [0.25, 0.3) is 0 Å². The minimum atomic E-state index is -5.08. The van der Waals surface area contributed by atoms with Gasteiger partial charge < -0.3 is 9.84 Å². The number of benzene rings is 1. The van der Waals surface area contributed by atoms with Crippen LogP contribution < -0.4 is 0 Å². The number of rotatable bonds is 3. The Bertz CT molecular complexity index is 579. The van der Waals surface area contributed by atoms with Gasteiger partial charge in [0.25, 0.3) is 0 Å². The van der Waals surface area contributed by atoms with E-state index in [-0.39, 0.29) is 18.4 Å². The molecule has 0 bridgehead atoms. The molecule has 4 nitrogen and oxygen atoms in total. The molecule has 0 saturated carbocycles. The average molecular weight is 364 g/mol. The molecule has 24 heavy (non-hydrogen) atoms. The van der Waals surface area contributed by atoms with Crippen molar-refractivity contribution in [2.24, 2.45) is 0 Å². The molecular weight excluding hydrogens is 353 g/mol. The number of carbonyl (C=O) groups excluding carboxylic acids is 1. The van der Waals surface area contributed by atoms with Gasteiger partial charge in [0.15, 0.2) is 0 Å². The van der Waals surface area contributed by atoms with E-state index in [2.05, 4.69) is 4.74 Å². The van der Waals surface area contributed by atoms with E-state index in [1.807, 2.05) is 0 Å². The number of aryl methyl sites for hydroxylation is 1. The summed E-state index contributed by atoms with van der Waals surface area (Å²) >= 11 is 0. The van der Waals surface area contributed by atoms with E-state index in [0.717, 1.165) is 12.1 Å². The van der Waals surface area contributed by atoms with E-state index in [0.29, 0.717) is 6.07 Å². The summed E-state index contributed by atoms with van der Waals surface area (Å²) in [6.45, 7) is 0.